The zero-order valence-corrected chi connectivity index (χ0v) is 14.7. The Morgan fingerprint density at radius 1 is 0.962 bits per heavy atom. The summed E-state index contributed by atoms with van der Waals surface area (Å²) in [5.74, 6) is -0.207. The summed E-state index contributed by atoms with van der Waals surface area (Å²) in [5.41, 5.74) is 8.47. The fourth-order valence-corrected chi connectivity index (χ4v) is 2.11. The van der Waals surface area contributed by atoms with Crippen LogP contribution in [0.5, 0.6) is 0 Å². The summed E-state index contributed by atoms with van der Waals surface area (Å²) in [4.78, 5) is 12.1. The molecule has 0 radical (unpaired) electrons. The molecule has 0 aliphatic rings. The maximum atomic E-state index is 12.1. The van der Waals surface area contributed by atoms with Crippen LogP contribution in [0.15, 0.2) is 48.5 Å². The van der Waals surface area contributed by atoms with Crippen LogP contribution in [0.3, 0.4) is 0 Å². The van der Waals surface area contributed by atoms with Crippen LogP contribution in [0.4, 0.5) is 13.2 Å². The lowest BCUT2D eigenvalue weighted by molar-refractivity contribution is -0.176. The molecule has 0 saturated heterocycles. The minimum absolute atomic E-state index is 0. The molecule has 2 aromatic rings. The predicted octanol–water partition coefficient (Wildman–Crippen LogP) is 3.58. The van der Waals surface area contributed by atoms with Crippen LogP contribution in [-0.2, 0) is 24.4 Å². The number of hydrogen-bond donors (Lipinski definition) is 2. The molecule has 0 spiro atoms. The van der Waals surface area contributed by atoms with Crippen LogP contribution in [0.1, 0.15) is 27.0 Å². The minimum Gasteiger partial charge on any atom is -0.367 e. The summed E-state index contributed by atoms with van der Waals surface area (Å²) in [6, 6.07) is 13.8. The van der Waals surface area contributed by atoms with Crippen molar-refractivity contribution in [2.24, 2.45) is 5.73 Å². The van der Waals surface area contributed by atoms with Crippen LogP contribution in [0.2, 0.25) is 0 Å². The molecule has 1 amide bonds. The second-order valence-corrected chi connectivity index (χ2v) is 5.51. The molecule has 3 N–H and O–H groups in total. The number of halogens is 4. The Hall–Kier alpha value is -2.09. The molecule has 0 aliphatic heterocycles. The molecule has 0 atom stereocenters. The molecule has 0 unspecified atom stereocenters. The Morgan fingerprint density at radius 3 is 2.04 bits per heavy atom. The highest BCUT2D eigenvalue weighted by Crippen LogP contribution is 2.16. The number of benzene rings is 2. The maximum absolute atomic E-state index is 12.1. The van der Waals surface area contributed by atoms with E-state index in [1.165, 1.54) is 0 Å². The average Bonchev–Trinajstić information content (AvgIpc) is 2.60. The van der Waals surface area contributed by atoms with Crippen LogP contribution in [0.25, 0.3) is 0 Å². The van der Waals surface area contributed by atoms with E-state index in [1.807, 2.05) is 0 Å². The first-order valence-electron chi connectivity index (χ1n) is 7.67. The summed E-state index contributed by atoms with van der Waals surface area (Å²) < 4.78 is 40.6. The molecule has 0 fully saturated rings. The quantitative estimate of drug-likeness (QED) is 0.762. The smallest absolute Gasteiger partial charge is 0.367 e. The lowest BCUT2D eigenvalue weighted by Gasteiger charge is -2.09. The fourth-order valence-electron chi connectivity index (χ4n) is 2.11. The second-order valence-electron chi connectivity index (χ2n) is 5.51. The molecule has 0 aliphatic carbocycles. The highest BCUT2D eigenvalue weighted by atomic mass is 35.5. The molecule has 142 valence electrons. The first-order chi connectivity index (χ1) is 11.9. The number of hydrogen-bond acceptors (Lipinski definition) is 3. The number of nitrogens with two attached hydrogens (primary N) is 1. The van der Waals surface area contributed by atoms with Gasteiger partial charge in [0.1, 0.15) is 6.61 Å². The summed E-state index contributed by atoms with van der Waals surface area (Å²) in [6.45, 7) is -0.643. The van der Waals surface area contributed by atoms with Gasteiger partial charge in [-0.15, -0.1) is 12.4 Å². The van der Waals surface area contributed by atoms with E-state index in [9.17, 15) is 18.0 Å². The lowest BCUT2D eigenvalue weighted by atomic mass is 10.1. The first-order valence-corrected chi connectivity index (χ1v) is 7.67. The van der Waals surface area contributed by atoms with Gasteiger partial charge in [0.25, 0.3) is 5.91 Å². The highest BCUT2D eigenvalue weighted by Gasteiger charge is 2.27. The molecule has 2 aromatic carbocycles. The Morgan fingerprint density at radius 2 is 1.50 bits per heavy atom. The molecule has 0 bridgehead atoms. The van der Waals surface area contributed by atoms with Crippen molar-refractivity contribution in [3.63, 3.8) is 0 Å². The molecule has 4 nitrogen and oxygen atoms in total. The van der Waals surface area contributed by atoms with E-state index in [1.54, 1.807) is 48.5 Å². The standard InChI is InChI=1S/C18H19F3N2O2.ClH/c19-18(20,21)12-25-11-15-3-1-14(2-4-15)10-23-17(24)16-7-5-13(9-22)6-8-16;/h1-8H,9-12,22H2,(H,23,24);1H. The van der Waals surface area contributed by atoms with Crippen LogP contribution in [-0.4, -0.2) is 18.7 Å². The third-order valence-electron chi connectivity index (χ3n) is 3.46. The first kappa shape index (κ1) is 22.0. The SMILES string of the molecule is Cl.NCc1ccc(C(=O)NCc2ccc(COCC(F)(F)F)cc2)cc1. The number of rotatable bonds is 7. The Bertz CT molecular complexity index is 689. The zero-order valence-electron chi connectivity index (χ0n) is 13.9. The summed E-state index contributed by atoms with van der Waals surface area (Å²) in [5, 5.41) is 2.79. The Balaban J connectivity index is 0.00000338. The monoisotopic (exact) mass is 388 g/mol. The van der Waals surface area contributed by atoms with E-state index in [-0.39, 0.29) is 24.9 Å². The van der Waals surface area contributed by atoms with Gasteiger partial charge in [-0.05, 0) is 28.8 Å². The lowest BCUT2D eigenvalue weighted by Crippen LogP contribution is -2.22. The van der Waals surface area contributed by atoms with E-state index in [0.29, 0.717) is 24.2 Å². The Kier molecular flexibility index (Phi) is 8.57. The number of ether oxygens (including phenoxy) is 1. The van der Waals surface area contributed by atoms with Crippen LogP contribution in [0, 0.1) is 0 Å². The topological polar surface area (TPSA) is 64.4 Å². The van der Waals surface area contributed by atoms with Gasteiger partial charge in [0, 0.05) is 18.7 Å². The van der Waals surface area contributed by atoms with Crippen molar-refractivity contribution in [1.29, 1.82) is 0 Å². The third kappa shape index (κ3) is 7.43. The summed E-state index contributed by atoms with van der Waals surface area (Å²) >= 11 is 0. The third-order valence-corrected chi connectivity index (χ3v) is 3.46. The van der Waals surface area contributed by atoms with E-state index in [4.69, 9.17) is 5.73 Å². The van der Waals surface area contributed by atoms with E-state index in [2.05, 4.69) is 10.1 Å². The molecule has 0 heterocycles. The number of carbonyl (C=O) groups excluding carboxylic acids is 1. The molecule has 0 aromatic heterocycles. The normalized spacial score (nSPS) is 10.9. The van der Waals surface area contributed by atoms with E-state index in [0.717, 1.165) is 11.1 Å². The average molecular weight is 389 g/mol. The summed E-state index contributed by atoms with van der Waals surface area (Å²) in [7, 11) is 0. The van der Waals surface area contributed by atoms with Crippen molar-refractivity contribution in [2.75, 3.05) is 6.61 Å². The van der Waals surface area contributed by atoms with Gasteiger partial charge >= 0.3 is 6.18 Å². The van der Waals surface area contributed by atoms with Gasteiger partial charge in [-0.25, -0.2) is 0 Å². The van der Waals surface area contributed by atoms with Crippen molar-refractivity contribution in [1.82, 2.24) is 5.32 Å². The number of nitrogens with one attached hydrogen (secondary N) is 1. The largest absolute Gasteiger partial charge is 0.411 e. The summed E-state index contributed by atoms with van der Waals surface area (Å²) in [6.07, 6.45) is -4.33. The zero-order chi connectivity index (χ0) is 18.3. The van der Waals surface area contributed by atoms with Crippen LogP contribution >= 0.6 is 12.4 Å². The Labute approximate surface area is 155 Å². The fraction of sp³-hybridized carbons (Fsp3) is 0.278. The van der Waals surface area contributed by atoms with Gasteiger partial charge in [0.2, 0.25) is 0 Å². The van der Waals surface area contributed by atoms with Crippen molar-refractivity contribution in [3.8, 4) is 0 Å². The molecule has 26 heavy (non-hydrogen) atoms. The molecule has 2 rings (SSSR count). The maximum Gasteiger partial charge on any atom is 0.411 e. The predicted molar refractivity (Wildman–Crippen MR) is 94.9 cm³/mol. The molecular formula is C18H20ClF3N2O2. The van der Waals surface area contributed by atoms with E-state index >= 15 is 0 Å². The van der Waals surface area contributed by atoms with Gasteiger partial charge in [-0.3, -0.25) is 4.79 Å². The van der Waals surface area contributed by atoms with E-state index < -0.39 is 12.8 Å². The number of alkyl halides is 3. The number of amides is 1. The van der Waals surface area contributed by atoms with Gasteiger partial charge in [0.05, 0.1) is 6.61 Å². The molecule has 0 saturated carbocycles. The van der Waals surface area contributed by atoms with Gasteiger partial charge in [0.15, 0.2) is 0 Å². The van der Waals surface area contributed by atoms with Crippen molar-refractivity contribution in [2.45, 2.75) is 25.9 Å². The van der Waals surface area contributed by atoms with Crippen molar-refractivity contribution < 1.29 is 22.7 Å². The molecular weight excluding hydrogens is 369 g/mol. The highest BCUT2D eigenvalue weighted by molar-refractivity contribution is 5.94. The minimum atomic E-state index is -4.33. The number of carbonyl (C=O) groups is 1. The van der Waals surface area contributed by atoms with Crippen molar-refractivity contribution >= 4 is 18.3 Å². The van der Waals surface area contributed by atoms with Crippen LogP contribution < -0.4 is 11.1 Å². The van der Waals surface area contributed by atoms with Crippen molar-refractivity contribution in [3.05, 3.63) is 70.8 Å². The second kappa shape index (κ2) is 10.2. The van der Waals surface area contributed by atoms with Gasteiger partial charge < -0.3 is 15.8 Å². The van der Waals surface area contributed by atoms with Gasteiger partial charge in [-0.2, -0.15) is 13.2 Å². The molecule has 8 heteroatoms. The van der Waals surface area contributed by atoms with Gasteiger partial charge in [-0.1, -0.05) is 36.4 Å².